The van der Waals surface area contributed by atoms with Crippen molar-refractivity contribution < 1.29 is 9.59 Å². The molecule has 0 radical (unpaired) electrons. The summed E-state index contributed by atoms with van der Waals surface area (Å²) in [6.07, 6.45) is 0.355. The summed E-state index contributed by atoms with van der Waals surface area (Å²) in [7, 11) is 0. The Morgan fingerprint density at radius 2 is 2.00 bits per heavy atom. The van der Waals surface area contributed by atoms with Crippen LogP contribution < -0.4 is 10.6 Å². The second kappa shape index (κ2) is 6.84. The summed E-state index contributed by atoms with van der Waals surface area (Å²) in [5.74, 6) is -0.606. The number of hydrogen-bond acceptors (Lipinski definition) is 5. The number of nitrogens with zero attached hydrogens (tertiary/aromatic N) is 2. The molecule has 9 heteroatoms. The van der Waals surface area contributed by atoms with Gasteiger partial charge in [-0.2, -0.15) is 0 Å². The van der Waals surface area contributed by atoms with Crippen molar-refractivity contribution in [3.8, 4) is 0 Å². The van der Waals surface area contributed by atoms with Gasteiger partial charge < -0.3 is 10.6 Å². The van der Waals surface area contributed by atoms with Gasteiger partial charge in [-0.05, 0) is 29.8 Å². The quantitative estimate of drug-likeness (QED) is 0.889. The smallest absolute Gasteiger partial charge is 0.286 e. The molecule has 0 fully saturated rings. The summed E-state index contributed by atoms with van der Waals surface area (Å²) in [6.45, 7) is 1.74. The first-order valence-corrected chi connectivity index (χ1v) is 7.46. The van der Waals surface area contributed by atoms with Crippen molar-refractivity contribution in [3.05, 3.63) is 32.7 Å². The summed E-state index contributed by atoms with van der Waals surface area (Å²) in [6, 6.07) is 4.79. The molecule has 0 aliphatic heterocycles. The highest BCUT2D eigenvalue weighted by Crippen LogP contribution is 2.26. The van der Waals surface area contributed by atoms with Crippen LogP contribution in [0.2, 0.25) is 9.49 Å². The molecule has 21 heavy (non-hydrogen) atoms. The molecule has 0 aliphatic carbocycles. The zero-order valence-corrected chi connectivity index (χ0v) is 13.1. The number of nitrogens with one attached hydrogen (secondary N) is 2. The van der Waals surface area contributed by atoms with E-state index in [1.165, 1.54) is 0 Å². The van der Waals surface area contributed by atoms with Gasteiger partial charge in [-0.1, -0.05) is 29.9 Å². The third-order valence-corrected chi connectivity index (χ3v) is 3.76. The Hall–Kier alpha value is -1.70. The molecule has 1 aromatic carbocycles. The first-order valence-electron chi connectivity index (χ1n) is 5.89. The van der Waals surface area contributed by atoms with E-state index in [-0.39, 0.29) is 15.4 Å². The number of hydrogen-bond donors (Lipinski definition) is 2. The summed E-state index contributed by atoms with van der Waals surface area (Å²) < 4.78 is 0.176. The average molecular weight is 345 g/mol. The number of amides is 2. The van der Waals surface area contributed by atoms with Crippen molar-refractivity contribution in [2.75, 3.05) is 10.6 Å². The Balaban J connectivity index is 2.17. The van der Waals surface area contributed by atoms with Gasteiger partial charge in [0.2, 0.25) is 15.4 Å². The second-order valence-corrected chi connectivity index (χ2v) is 5.88. The Kier molecular flexibility index (Phi) is 5.11. The van der Waals surface area contributed by atoms with E-state index in [1.807, 2.05) is 0 Å². The van der Waals surface area contributed by atoms with Crippen molar-refractivity contribution in [1.82, 2.24) is 10.2 Å². The van der Waals surface area contributed by atoms with Crippen LogP contribution in [-0.2, 0) is 4.79 Å². The minimum absolute atomic E-state index is 0.124. The van der Waals surface area contributed by atoms with Gasteiger partial charge in [0, 0.05) is 12.1 Å². The molecule has 2 aromatic rings. The standard InChI is InChI=1S/C12H10Cl2N4O2S/c1-2-9(19)15-6-3-4-7(13)8(5-6)16-10(20)11-17-18-12(14)21-11/h3-5H,2H2,1H3,(H,15,19)(H,16,20). The van der Waals surface area contributed by atoms with Crippen LogP contribution in [0.4, 0.5) is 11.4 Å². The molecule has 0 unspecified atom stereocenters. The zero-order valence-electron chi connectivity index (χ0n) is 10.8. The van der Waals surface area contributed by atoms with Crippen LogP contribution in [0.1, 0.15) is 23.1 Å². The average Bonchev–Trinajstić information content (AvgIpc) is 2.89. The van der Waals surface area contributed by atoms with Gasteiger partial charge in [0.1, 0.15) is 0 Å². The molecule has 6 nitrogen and oxygen atoms in total. The highest BCUT2D eigenvalue weighted by Gasteiger charge is 2.14. The Morgan fingerprint density at radius 3 is 2.62 bits per heavy atom. The lowest BCUT2D eigenvalue weighted by Crippen LogP contribution is -2.13. The molecule has 0 bridgehead atoms. The molecular formula is C12H10Cl2N4O2S. The molecule has 2 N–H and O–H groups in total. The lowest BCUT2D eigenvalue weighted by Gasteiger charge is -2.09. The van der Waals surface area contributed by atoms with Gasteiger partial charge in [-0.25, -0.2) is 0 Å². The van der Waals surface area contributed by atoms with Crippen LogP contribution in [0.3, 0.4) is 0 Å². The van der Waals surface area contributed by atoms with E-state index in [0.717, 1.165) is 11.3 Å². The summed E-state index contributed by atoms with van der Waals surface area (Å²) in [5.41, 5.74) is 0.902. The molecule has 0 saturated carbocycles. The number of halogens is 2. The molecule has 0 atom stereocenters. The predicted octanol–water partition coefficient (Wildman–Crippen LogP) is 3.45. The minimum atomic E-state index is -0.472. The first-order chi connectivity index (χ1) is 9.99. The van der Waals surface area contributed by atoms with E-state index >= 15 is 0 Å². The van der Waals surface area contributed by atoms with Gasteiger partial charge >= 0.3 is 0 Å². The van der Waals surface area contributed by atoms with E-state index in [4.69, 9.17) is 23.2 Å². The monoisotopic (exact) mass is 344 g/mol. The number of carbonyl (C=O) groups excluding carboxylic acids is 2. The first kappa shape index (κ1) is 15.7. The van der Waals surface area contributed by atoms with Crippen LogP contribution in [0.25, 0.3) is 0 Å². The maximum atomic E-state index is 12.0. The fraction of sp³-hybridized carbons (Fsp3) is 0.167. The Labute approximate surface area is 134 Å². The number of carbonyl (C=O) groups is 2. The summed E-state index contributed by atoms with van der Waals surface area (Å²) in [4.78, 5) is 23.3. The van der Waals surface area contributed by atoms with Crippen molar-refractivity contribution in [3.63, 3.8) is 0 Å². The molecule has 110 valence electrons. The molecule has 0 spiro atoms. The maximum absolute atomic E-state index is 12.0. The SMILES string of the molecule is CCC(=O)Nc1ccc(Cl)c(NC(=O)c2nnc(Cl)s2)c1. The predicted molar refractivity (Wildman–Crippen MR) is 83.2 cm³/mol. The summed E-state index contributed by atoms with van der Waals surface area (Å²) in [5, 5.41) is 12.9. The second-order valence-electron chi connectivity index (χ2n) is 3.91. The third kappa shape index (κ3) is 4.13. The van der Waals surface area contributed by atoms with Gasteiger partial charge in [-0.3, -0.25) is 9.59 Å². The van der Waals surface area contributed by atoms with Crippen molar-refractivity contribution in [2.24, 2.45) is 0 Å². The molecule has 1 heterocycles. The van der Waals surface area contributed by atoms with Gasteiger partial charge in [0.15, 0.2) is 0 Å². The van der Waals surface area contributed by atoms with E-state index in [0.29, 0.717) is 22.8 Å². The lowest BCUT2D eigenvalue weighted by molar-refractivity contribution is -0.115. The van der Waals surface area contributed by atoms with E-state index in [1.54, 1.807) is 25.1 Å². The number of anilines is 2. The summed E-state index contributed by atoms with van der Waals surface area (Å²) >= 11 is 12.6. The minimum Gasteiger partial charge on any atom is -0.326 e. The van der Waals surface area contributed by atoms with Crippen molar-refractivity contribution >= 4 is 57.7 Å². The largest absolute Gasteiger partial charge is 0.326 e. The lowest BCUT2D eigenvalue weighted by atomic mass is 10.2. The molecule has 1 aromatic heterocycles. The van der Waals surface area contributed by atoms with Gasteiger partial charge in [0.25, 0.3) is 5.91 Å². The molecule has 2 rings (SSSR count). The fourth-order valence-electron chi connectivity index (χ4n) is 1.42. The number of aromatic nitrogens is 2. The van der Waals surface area contributed by atoms with Crippen molar-refractivity contribution in [1.29, 1.82) is 0 Å². The highest BCUT2D eigenvalue weighted by atomic mass is 35.5. The normalized spacial score (nSPS) is 10.2. The van der Waals surface area contributed by atoms with Gasteiger partial charge in [0.05, 0.1) is 10.7 Å². The van der Waals surface area contributed by atoms with Crippen molar-refractivity contribution in [2.45, 2.75) is 13.3 Å². The maximum Gasteiger partial charge on any atom is 0.286 e. The topological polar surface area (TPSA) is 84.0 Å². The van der Waals surface area contributed by atoms with Crippen LogP contribution in [0.15, 0.2) is 18.2 Å². The Morgan fingerprint density at radius 1 is 1.24 bits per heavy atom. The number of rotatable bonds is 4. The fourth-order valence-corrected chi connectivity index (χ4v) is 2.31. The third-order valence-electron chi connectivity index (χ3n) is 2.41. The van der Waals surface area contributed by atoms with Crippen LogP contribution >= 0.6 is 34.5 Å². The van der Waals surface area contributed by atoms with Crippen LogP contribution in [-0.4, -0.2) is 22.0 Å². The molecule has 2 amide bonds. The van der Waals surface area contributed by atoms with Crippen LogP contribution in [0.5, 0.6) is 0 Å². The molecule has 0 saturated heterocycles. The van der Waals surface area contributed by atoms with E-state index in [2.05, 4.69) is 20.8 Å². The highest BCUT2D eigenvalue weighted by molar-refractivity contribution is 7.17. The van der Waals surface area contributed by atoms with E-state index < -0.39 is 5.91 Å². The molecular weight excluding hydrogens is 335 g/mol. The zero-order chi connectivity index (χ0) is 15.4. The van der Waals surface area contributed by atoms with Gasteiger partial charge in [-0.15, -0.1) is 10.2 Å². The molecule has 0 aliphatic rings. The Bertz CT molecular complexity index is 690. The number of benzene rings is 1. The van der Waals surface area contributed by atoms with E-state index in [9.17, 15) is 9.59 Å². The van der Waals surface area contributed by atoms with Crippen LogP contribution in [0, 0.1) is 0 Å².